The van der Waals surface area contributed by atoms with Gasteiger partial charge in [0.25, 0.3) is 11.4 Å². The summed E-state index contributed by atoms with van der Waals surface area (Å²) in [4.78, 5) is 32.1. The molecule has 0 spiro atoms. The van der Waals surface area contributed by atoms with Crippen LogP contribution >= 0.6 is 0 Å². The highest BCUT2D eigenvalue weighted by Gasteiger charge is 2.05. The van der Waals surface area contributed by atoms with Crippen LogP contribution in [0.25, 0.3) is 12.2 Å². The predicted octanol–water partition coefficient (Wildman–Crippen LogP) is 3.80. The fourth-order valence-electron chi connectivity index (χ4n) is 1.90. The van der Waals surface area contributed by atoms with Gasteiger partial charge in [0.2, 0.25) is 0 Å². The third-order valence-electron chi connectivity index (χ3n) is 3.04. The lowest BCUT2D eigenvalue weighted by atomic mass is 10.1. The summed E-state index contributed by atoms with van der Waals surface area (Å²) in [6, 6.07) is 11.8. The van der Waals surface area contributed by atoms with Crippen LogP contribution in [0.3, 0.4) is 0 Å². The summed E-state index contributed by atoms with van der Waals surface area (Å²) in [7, 11) is 0. The third kappa shape index (κ3) is 4.70. The summed E-state index contributed by atoms with van der Waals surface area (Å²) >= 11 is 0. The van der Waals surface area contributed by atoms with Crippen LogP contribution < -0.4 is 0 Å². The lowest BCUT2D eigenvalue weighted by Crippen LogP contribution is -1.89. The highest BCUT2D eigenvalue weighted by molar-refractivity contribution is 6.04. The van der Waals surface area contributed by atoms with E-state index in [0.717, 1.165) is 0 Å². The minimum atomic E-state index is -0.513. The van der Waals surface area contributed by atoms with Crippen LogP contribution in [0.4, 0.5) is 11.4 Å². The normalized spacial score (nSPS) is 11.0. The van der Waals surface area contributed by atoms with Gasteiger partial charge in [-0.1, -0.05) is 36.4 Å². The van der Waals surface area contributed by atoms with Gasteiger partial charge in [-0.3, -0.25) is 25.0 Å². The van der Waals surface area contributed by atoms with E-state index in [4.69, 9.17) is 0 Å². The minimum absolute atomic E-state index is 0.0586. The number of hydrogen-bond acceptors (Lipinski definition) is 5. The predicted molar refractivity (Wildman–Crippen MR) is 89.3 cm³/mol. The first-order valence-corrected chi connectivity index (χ1v) is 6.85. The molecule has 0 amide bonds. The number of non-ortho nitro benzene ring substituents is 2. The molecule has 0 fully saturated rings. The van der Waals surface area contributed by atoms with E-state index in [0.29, 0.717) is 11.1 Å². The van der Waals surface area contributed by atoms with E-state index >= 15 is 0 Å². The van der Waals surface area contributed by atoms with Crippen LogP contribution in [0.5, 0.6) is 0 Å². The third-order valence-corrected chi connectivity index (χ3v) is 3.04. The molecule has 0 saturated carbocycles. The van der Waals surface area contributed by atoms with E-state index in [1.165, 1.54) is 60.7 Å². The fourth-order valence-corrected chi connectivity index (χ4v) is 1.90. The lowest BCUT2D eigenvalue weighted by molar-refractivity contribution is -0.385. The molecule has 0 heterocycles. The molecule has 0 aliphatic carbocycles. The first kappa shape index (κ1) is 16.8. The Kier molecular flexibility index (Phi) is 5.30. The van der Waals surface area contributed by atoms with Crippen LogP contribution in [0.1, 0.15) is 11.1 Å². The SMILES string of the molecule is O=C(C=Cc1cccc([N+](=O)[O-])c1)/C=C/c1cccc([N+](=O)[O-])c1. The van der Waals surface area contributed by atoms with Gasteiger partial charge in [-0.15, -0.1) is 0 Å². The molecule has 2 aromatic carbocycles. The first-order valence-electron chi connectivity index (χ1n) is 6.85. The molecule has 0 saturated heterocycles. The molecule has 0 radical (unpaired) electrons. The Labute approximate surface area is 136 Å². The van der Waals surface area contributed by atoms with E-state index in [9.17, 15) is 25.0 Å². The Morgan fingerprint density at radius 2 is 1.21 bits per heavy atom. The Morgan fingerprint density at radius 3 is 1.58 bits per heavy atom. The van der Waals surface area contributed by atoms with Crippen molar-refractivity contribution < 1.29 is 14.6 Å². The van der Waals surface area contributed by atoms with Gasteiger partial charge in [-0.25, -0.2) is 0 Å². The molecule has 0 unspecified atom stereocenters. The van der Waals surface area contributed by atoms with Crippen molar-refractivity contribution in [3.8, 4) is 0 Å². The number of ketones is 1. The Balaban J connectivity index is 2.07. The van der Waals surface area contributed by atoms with Crippen molar-refractivity contribution in [2.75, 3.05) is 0 Å². The molecule has 2 aromatic rings. The van der Waals surface area contributed by atoms with Gasteiger partial charge in [0.1, 0.15) is 0 Å². The lowest BCUT2D eigenvalue weighted by Gasteiger charge is -1.94. The molecule has 0 N–H and O–H groups in total. The molecule has 120 valence electrons. The van der Waals surface area contributed by atoms with Gasteiger partial charge in [-0.2, -0.15) is 0 Å². The van der Waals surface area contributed by atoms with Gasteiger partial charge in [0.15, 0.2) is 5.78 Å². The zero-order chi connectivity index (χ0) is 17.5. The summed E-state index contributed by atoms with van der Waals surface area (Å²) in [5.41, 5.74) is 0.941. The van der Waals surface area contributed by atoms with Crippen LogP contribution in [-0.2, 0) is 4.79 Å². The number of nitrogens with zero attached hydrogens (tertiary/aromatic N) is 2. The number of nitro benzene ring substituents is 2. The quantitative estimate of drug-likeness (QED) is 0.456. The van der Waals surface area contributed by atoms with Gasteiger partial charge < -0.3 is 0 Å². The number of nitro groups is 2. The van der Waals surface area contributed by atoms with E-state index in [2.05, 4.69) is 0 Å². The molecule has 7 heteroatoms. The Morgan fingerprint density at radius 1 is 0.792 bits per heavy atom. The van der Waals surface area contributed by atoms with Crippen LogP contribution in [0, 0.1) is 20.2 Å². The largest absolute Gasteiger partial charge is 0.290 e. The Bertz CT molecular complexity index is 786. The summed E-state index contributed by atoms with van der Waals surface area (Å²) < 4.78 is 0. The van der Waals surface area contributed by atoms with Gasteiger partial charge in [0.05, 0.1) is 9.85 Å². The second kappa shape index (κ2) is 7.59. The van der Waals surface area contributed by atoms with Crippen molar-refractivity contribution in [3.05, 3.63) is 92.0 Å². The summed E-state index contributed by atoms with van der Waals surface area (Å²) in [5, 5.41) is 21.4. The number of carbonyl (C=O) groups is 1. The van der Waals surface area contributed by atoms with Crippen LogP contribution in [-0.4, -0.2) is 15.6 Å². The standard InChI is InChI=1S/C17H12N2O5/c20-17(9-7-13-3-1-5-15(11-13)18(21)22)10-8-14-4-2-6-16(12-14)19(23)24/h1-12H/b9-7+,10-8?. The zero-order valence-corrected chi connectivity index (χ0v) is 12.4. The molecule has 24 heavy (non-hydrogen) atoms. The fraction of sp³-hybridized carbons (Fsp3) is 0. The Hall–Kier alpha value is -3.61. The van der Waals surface area contributed by atoms with Crippen molar-refractivity contribution in [1.82, 2.24) is 0 Å². The van der Waals surface area contributed by atoms with Crippen molar-refractivity contribution in [1.29, 1.82) is 0 Å². The first-order chi connectivity index (χ1) is 11.5. The summed E-state index contributed by atoms with van der Waals surface area (Å²) in [6.45, 7) is 0. The minimum Gasteiger partial charge on any atom is -0.290 e. The molecule has 0 atom stereocenters. The number of allylic oxidation sites excluding steroid dienone is 2. The molecule has 0 aliphatic heterocycles. The monoisotopic (exact) mass is 324 g/mol. The van der Waals surface area contributed by atoms with Crippen LogP contribution in [0.15, 0.2) is 60.7 Å². The van der Waals surface area contributed by atoms with Crippen molar-refractivity contribution in [3.63, 3.8) is 0 Å². The topological polar surface area (TPSA) is 103 Å². The maximum absolute atomic E-state index is 11.8. The molecular weight excluding hydrogens is 312 g/mol. The molecule has 2 rings (SSSR count). The highest BCUT2D eigenvalue weighted by atomic mass is 16.6. The van der Waals surface area contributed by atoms with Crippen molar-refractivity contribution >= 4 is 29.3 Å². The molecule has 7 nitrogen and oxygen atoms in total. The summed E-state index contributed by atoms with van der Waals surface area (Å²) in [5.74, 6) is -0.340. The second-order valence-electron chi connectivity index (χ2n) is 4.77. The number of hydrogen-bond donors (Lipinski definition) is 0. The van der Waals surface area contributed by atoms with Crippen LogP contribution in [0.2, 0.25) is 0 Å². The smallest absolute Gasteiger partial charge is 0.270 e. The van der Waals surface area contributed by atoms with Crippen molar-refractivity contribution in [2.45, 2.75) is 0 Å². The van der Waals surface area contributed by atoms with E-state index in [1.807, 2.05) is 0 Å². The van der Waals surface area contributed by atoms with E-state index < -0.39 is 9.85 Å². The van der Waals surface area contributed by atoms with Gasteiger partial charge in [0, 0.05) is 24.3 Å². The maximum Gasteiger partial charge on any atom is 0.270 e. The average Bonchev–Trinajstić information content (AvgIpc) is 2.58. The molecule has 0 bridgehead atoms. The maximum atomic E-state index is 11.8. The second-order valence-corrected chi connectivity index (χ2v) is 4.77. The highest BCUT2D eigenvalue weighted by Crippen LogP contribution is 2.15. The molecular formula is C17H12N2O5. The number of carbonyl (C=O) groups excluding carboxylic acids is 1. The van der Waals surface area contributed by atoms with E-state index in [1.54, 1.807) is 12.1 Å². The summed E-state index contributed by atoms with van der Waals surface area (Å²) in [6.07, 6.45) is 5.47. The number of rotatable bonds is 6. The number of benzene rings is 2. The van der Waals surface area contributed by atoms with Crippen molar-refractivity contribution in [2.24, 2.45) is 0 Å². The molecule has 0 aliphatic rings. The van der Waals surface area contributed by atoms with Gasteiger partial charge >= 0.3 is 0 Å². The molecule has 0 aromatic heterocycles. The zero-order valence-electron chi connectivity index (χ0n) is 12.4. The van der Waals surface area contributed by atoms with E-state index in [-0.39, 0.29) is 17.2 Å². The van der Waals surface area contributed by atoms with Gasteiger partial charge in [-0.05, 0) is 23.3 Å². The average molecular weight is 324 g/mol.